The number of benzene rings is 2. The summed E-state index contributed by atoms with van der Waals surface area (Å²) in [4.78, 5) is 13.7. The van der Waals surface area contributed by atoms with E-state index in [0.717, 1.165) is 4.31 Å². The van der Waals surface area contributed by atoms with E-state index in [1.807, 2.05) is 0 Å². The Bertz CT molecular complexity index is 934. The van der Waals surface area contributed by atoms with Gasteiger partial charge in [0.05, 0.1) is 17.9 Å². The maximum Gasteiger partial charge on any atom is 0.238 e. The van der Waals surface area contributed by atoms with E-state index in [2.05, 4.69) is 14.6 Å². The van der Waals surface area contributed by atoms with Gasteiger partial charge in [-0.05, 0) is 69.4 Å². The minimum Gasteiger partial charge on any atom is -0.325 e. The first-order valence-corrected chi connectivity index (χ1v) is 10.3. The normalized spacial score (nSPS) is 13.4. The molecule has 9 heteroatoms. The molecule has 2 aromatic carbocycles. The third-order valence-corrected chi connectivity index (χ3v) is 5.09. The van der Waals surface area contributed by atoms with Crippen molar-refractivity contribution >= 4 is 43.1 Å². The monoisotopic (exact) mass is 425 g/mol. The Kier molecular flexibility index (Phi) is 7.15. The Hall–Kier alpha value is -2.02. The number of nitrogens with one attached hydrogen (secondary N) is 1. The highest BCUT2D eigenvalue weighted by molar-refractivity contribution is 7.74. The van der Waals surface area contributed by atoms with E-state index in [0.29, 0.717) is 28.2 Å². The van der Waals surface area contributed by atoms with Gasteiger partial charge in [0.2, 0.25) is 16.8 Å². The number of amides is 1. The molecule has 1 amide bonds. The van der Waals surface area contributed by atoms with Crippen LogP contribution < -0.4 is 9.62 Å². The van der Waals surface area contributed by atoms with Gasteiger partial charge in [-0.2, -0.15) is 0 Å². The Morgan fingerprint density at radius 2 is 1.89 bits per heavy atom. The second-order valence-electron chi connectivity index (χ2n) is 6.96. The zero-order chi connectivity index (χ0) is 21.1. The number of hydrogen-bond acceptors (Lipinski definition) is 4. The van der Waals surface area contributed by atoms with Crippen LogP contribution in [-0.4, -0.2) is 39.9 Å². The molecule has 0 saturated carbocycles. The lowest BCUT2D eigenvalue weighted by Crippen LogP contribution is -2.27. The van der Waals surface area contributed by atoms with Gasteiger partial charge < -0.3 is 10.2 Å². The molecule has 0 aromatic heterocycles. The predicted molar refractivity (Wildman–Crippen MR) is 115 cm³/mol. The first kappa shape index (κ1) is 22.3. The summed E-state index contributed by atoms with van der Waals surface area (Å²) in [6, 6.07) is 11.3. The highest BCUT2D eigenvalue weighted by atomic mass is 32.2. The molecule has 0 fully saturated rings. The molecule has 0 saturated heterocycles. The van der Waals surface area contributed by atoms with Crippen LogP contribution in [0, 0.1) is 6.92 Å². The number of carbonyl (C=O) groups excluding carboxylic acids is 1. The van der Waals surface area contributed by atoms with E-state index in [4.69, 9.17) is 0 Å². The molecule has 28 heavy (non-hydrogen) atoms. The van der Waals surface area contributed by atoms with E-state index < -0.39 is 16.3 Å². The van der Waals surface area contributed by atoms with Crippen LogP contribution in [0.2, 0.25) is 0 Å². The fourth-order valence-electron chi connectivity index (χ4n) is 2.72. The molecular formula is C19H25FN3O3PS. The Morgan fingerprint density at radius 1 is 1.21 bits per heavy atom. The molecule has 0 radical (unpaired) electrons. The summed E-state index contributed by atoms with van der Waals surface area (Å²) < 4.78 is 39.4. The predicted octanol–water partition coefficient (Wildman–Crippen LogP) is 3.18. The number of nitrogens with zero attached hydrogens (tertiary/aromatic N) is 2. The molecule has 0 aliphatic carbocycles. The molecule has 0 heterocycles. The van der Waals surface area contributed by atoms with Crippen molar-refractivity contribution in [2.24, 2.45) is 0 Å². The van der Waals surface area contributed by atoms with E-state index in [1.54, 1.807) is 62.3 Å². The van der Waals surface area contributed by atoms with Gasteiger partial charge in [-0.25, -0.2) is 17.1 Å². The summed E-state index contributed by atoms with van der Waals surface area (Å²) in [5, 5.41) is 1.10. The average molecular weight is 425 g/mol. The van der Waals surface area contributed by atoms with Crippen LogP contribution in [0.1, 0.15) is 18.1 Å². The van der Waals surface area contributed by atoms with E-state index in [-0.39, 0.29) is 12.5 Å². The molecule has 0 bridgehead atoms. The van der Waals surface area contributed by atoms with Crippen LogP contribution in [-0.2, 0) is 21.1 Å². The molecule has 0 spiro atoms. The molecule has 2 unspecified atom stereocenters. The van der Waals surface area contributed by atoms with Crippen molar-refractivity contribution in [1.82, 2.24) is 4.90 Å². The van der Waals surface area contributed by atoms with Gasteiger partial charge in [0, 0.05) is 5.69 Å². The molecular weight excluding hydrogens is 400 g/mol. The van der Waals surface area contributed by atoms with Crippen molar-refractivity contribution < 1.29 is 17.6 Å². The van der Waals surface area contributed by atoms with Crippen LogP contribution in [0.5, 0.6) is 0 Å². The smallest absolute Gasteiger partial charge is 0.238 e. The third-order valence-electron chi connectivity index (χ3n) is 3.99. The SMILES string of the molecule is Cc1cc(NC(=O)CN(C)C)ccc1N(c1cccc(C(C)(F)P)c1)[SH](=O)=O. The first-order valence-electron chi connectivity index (χ1n) is 8.57. The molecule has 2 rings (SSSR count). The maximum absolute atomic E-state index is 14.3. The summed E-state index contributed by atoms with van der Waals surface area (Å²) in [6.45, 7) is 3.37. The lowest BCUT2D eigenvalue weighted by Gasteiger charge is -2.23. The zero-order valence-electron chi connectivity index (χ0n) is 16.3. The highest BCUT2D eigenvalue weighted by Gasteiger charge is 2.22. The second kappa shape index (κ2) is 8.99. The summed E-state index contributed by atoms with van der Waals surface area (Å²) in [6.07, 6.45) is 0. The lowest BCUT2D eigenvalue weighted by molar-refractivity contribution is -0.116. The third kappa shape index (κ3) is 5.74. The van der Waals surface area contributed by atoms with Gasteiger partial charge in [0.25, 0.3) is 0 Å². The standard InChI is InChI=1S/C19H25FN3O3PS/c1-13-10-15(21-18(24)12-22(3)4)8-9-17(13)23(28(25)26)16-7-5-6-14(11-16)19(2,20)27/h5-11,28H,12,27H2,1-4H3,(H,21,24). The van der Waals surface area contributed by atoms with Gasteiger partial charge >= 0.3 is 0 Å². The van der Waals surface area contributed by atoms with Gasteiger partial charge in [-0.1, -0.05) is 21.4 Å². The molecule has 152 valence electrons. The number of thiol groups is 1. The van der Waals surface area contributed by atoms with Crippen molar-refractivity contribution in [1.29, 1.82) is 0 Å². The molecule has 2 aromatic rings. The number of rotatable bonds is 7. The van der Waals surface area contributed by atoms with E-state index in [9.17, 15) is 17.6 Å². The fourth-order valence-corrected chi connectivity index (χ4v) is 3.61. The second-order valence-corrected chi connectivity index (χ2v) is 8.92. The van der Waals surface area contributed by atoms with Gasteiger partial charge in [0.1, 0.15) is 5.41 Å². The quantitative estimate of drug-likeness (QED) is 0.528. The van der Waals surface area contributed by atoms with Crippen molar-refractivity contribution in [3.8, 4) is 0 Å². The van der Waals surface area contributed by atoms with Crippen LogP contribution in [0.25, 0.3) is 0 Å². The number of halogens is 1. The van der Waals surface area contributed by atoms with Crippen molar-refractivity contribution in [3.05, 3.63) is 53.6 Å². The number of anilines is 3. The summed E-state index contributed by atoms with van der Waals surface area (Å²) in [5.74, 6) is -0.167. The lowest BCUT2D eigenvalue weighted by atomic mass is 10.1. The van der Waals surface area contributed by atoms with Crippen LogP contribution in [0.15, 0.2) is 42.5 Å². The molecule has 1 N–H and O–H groups in total. The average Bonchev–Trinajstić information content (AvgIpc) is 2.55. The maximum atomic E-state index is 14.3. The topological polar surface area (TPSA) is 69.7 Å². The van der Waals surface area contributed by atoms with Gasteiger partial charge in [-0.3, -0.25) is 4.79 Å². The Morgan fingerprint density at radius 3 is 2.43 bits per heavy atom. The fraction of sp³-hybridized carbons (Fsp3) is 0.316. The summed E-state index contributed by atoms with van der Waals surface area (Å²) >= 11 is 0. The number of likely N-dealkylation sites (N-methyl/N-ethyl adjacent to an activating group) is 1. The van der Waals surface area contributed by atoms with E-state index >= 15 is 0 Å². The number of aryl methyl sites for hydroxylation is 1. The van der Waals surface area contributed by atoms with Gasteiger partial charge in [-0.15, -0.1) is 0 Å². The molecule has 2 atom stereocenters. The highest BCUT2D eigenvalue weighted by Crippen LogP contribution is 2.37. The zero-order valence-corrected chi connectivity index (χ0v) is 18.3. The minimum atomic E-state index is -3.01. The largest absolute Gasteiger partial charge is 0.325 e. The Labute approximate surface area is 169 Å². The summed E-state index contributed by atoms with van der Waals surface area (Å²) in [7, 11) is 2.68. The molecule has 0 aliphatic heterocycles. The van der Waals surface area contributed by atoms with Crippen molar-refractivity contribution in [2.75, 3.05) is 30.3 Å². The number of alkyl halides is 1. The summed E-state index contributed by atoms with van der Waals surface area (Å²) in [5.41, 5.74) is 2.35. The first-order chi connectivity index (χ1) is 13.0. The van der Waals surface area contributed by atoms with Gasteiger partial charge in [0.15, 0.2) is 0 Å². The molecule has 6 nitrogen and oxygen atoms in total. The van der Waals surface area contributed by atoms with E-state index in [1.165, 1.54) is 13.0 Å². The number of carbonyl (C=O) groups is 1. The Balaban J connectivity index is 2.39. The van der Waals surface area contributed by atoms with Crippen LogP contribution in [0.3, 0.4) is 0 Å². The van der Waals surface area contributed by atoms with Crippen LogP contribution >= 0.6 is 9.24 Å². The van der Waals surface area contributed by atoms with Crippen molar-refractivity contribution in [3.63, 3.8) is 0 Å². The number of hydrogen-bond donors (Lipinski definition) is 2. The minimum absolute atomic E-state index is 0.167. The molecule has 0 aliphatic rings. The van der Waals surface area contributed by atoms with Crippen LogP contribution in [0.4, 0.5) is 21.5 Å². The van der Waals surface area contributed by atoms with Crippen molar-refractivity contribution in [2.45, 2.75) is 19.3 Å².